The Kier molecular flexibility index (Phi) is 4.91. The number of hydrogen-bond acceptors (Lipinski definition) is 5. The van der Waals surface area contributed by atoms with Crippen LogP contribution in [0.5, 0.6) is 0 Å². The van der Waals surface area contributed by atoms with Crippen LogP contribution in [0.15, 0.2) is 46.2 Å². The number of hydrazone groups is 1. The lowest BCUT2D eigenvalue weighted by Gasteiger charge is -2.18. The maximum atomic E-state index is 11.9. The van der Waals surface area contributed by atoms with E-state index < -0.39 is 10.0 Å². The first-order valence-electron chi connectivity index (χ1n) is 7.90. The summed E-state index contributed by atoms with van der Waals surface area (Å²) in [4.78, 5) is 11.9. The highest BCUT2D eigenvalue weighted by Crippen LogP contribution is 2.33. The van der Waals surface area contributed by atoms with Gasteiger partial charge in [-0.2, -0.15) is 16.4 Å². The minimum atomic E-state index is -3.29. The molecule has 3 rings (SSSR count). The monoisotopic (exact) mass is 377 g/mol. The van der Waals surface area contributed by atoms with Crippen molar-refractivity contribution in [2.24, 2.45) is 5.10 Å². The van der Waals surface area contributed by atoms with Crippen molar-refractivity contribution in [1.82, 2.24) is 5.01 Å². The maximum absolute atomic E-state index is 11.9. The molecular weight excluding hydrogens is 358 g/mol. The molecule has 0 radical (unpaired) electrons. The van der Waals surface area contributed by atoms with Crippen molar-refractivity contribution in [3.05, 3.63) is 52.2 Å². The number of carbonyl (C=O) groups is 1. The van der Waals surface area contributed by atoms with E-state index in [2.05, 4.69) is 9.82 Å². The second-order valence-electron chi connectivity index (χ2n) is 5.77. The van der Waals surface area contributed by atoms with Crippen LogP contribution in [0.4, 0.5) is 5.69 Å². The van der Waals surface area contributed by atoms with E-state index in [0.717, 1.165) is 16.8 Å². The smallest absolute Gasteiger partial charge is 0.240 e. The van der Waals surface area contributed by atoms with Crippen LogP contribution in [-0.4, -0.2) is 30.8 Å². The van der Waals surface area contributed by atoms with Gasteiger partial charge in [0.25, 0.3) is 0 Å². The van der Waals surface area contributed by atoms with Gasteiger partial charge in [0, 0.05) is 19.0 Å². The first-order valence-corrected chi connectivity index (χ1v) is 10.5. The van der Waals surface area contributed by atoms with Crippen molar-refractivity contribution in [3.63, 3.8) is 0 Å². The minimum absolute atomic E-state index is 0.0252. The quantitative estimate of drug-likeness (QED) is 0.869. The summed E-state index contributed by atoms with van der Waals surface area (Å²) in [5, 5.41) is 10.0. The number of amides is 1. The van der Waals surface area contributed by atoms with Crippen molar-refractivity contribution in [2.75, 3.05) is 10.5 Å². The molecule has 1 amide bonds. The first-order chi connectivity index (χ1) is 11.9. The second kappa shape index (κ2) is 6.97. The molecule has 132 valence electrons. The molecule has 0 aliphatic carbocycles. The van der Waals surface area contributed by atoms with Crippen LogP contribution in [0.1, 0.15) is 37.4 Å². The molecule has 25 heavy (non-hydrogen) atoms. The maximum Gasteiger partial charge on any atom is 0.240 e. The Balaban J connectivity index is 1.82. The zero-order valence-corrected chi connectivity index (χ0v) is 15.6. The van der Waals surface area contributed by atoms with E-state index in [1.807, 2.05) is 29.0 Å². The van der Waals surface area contributed by atoms with E-state index in [1.165, 1.54) is 11.9 Å². The number of carbonyl (C=O) groups excluding carboxylic acids is 1. The first kappa shape index (κ1) is 17.6. The van der Waals surface area contributed by atoms with Gasteiger partial charge in [0.1, 0.15) is 0 Å². The zero-order valence-electron chi connectivity index (χ0n) is 14.0. The van der Waals surface area contributed by atoms with Gasteiger partial charge >= 0.3 is 0 Å². The molecule has 1 aliphatic rings. The van der Waals surface area contributed by atoms with E-state index in [-0.39, 0.29) is 17.7 Å². The van der Waals surface area contributed by atoms with E-state index in [4.69, 9.17) is 0 Å². The fraction of sp³-hybridized carbons (Fsp3) is 0.294. The Labute approximate surface area is 151 Å². The van der Waals surface area contributed by atoms with Crippen molar-refractivity contribution in [3.8, 4) is 0 Å². The Hall–Kier alpha value is -2.19. The summed E-state index contributed by atoms with van der Waals surface area (Å²) >= 11 is 1.59. The predicted molar refractivity (Wildman–Crippen MR) is 100 cm³/mol. The SMILES string of the molecule is CCS(=O)(=O)Nc1ccc(C2=NN(C(C)=O)[C@@H](c3ccsc3)C2)cc1. The third-order valence-corrected chi connectivity index (χ3v) is 6.04. The standard InChI is InChI=1S/C17H19N3O3S2/c1-3-25(22,23)19-15-6-4-13(5-7-15)16-10-17(14-8-9-24-11-14)20(18-16)12(2)21/h4-9,11,17,19H,3,10H2,1-2H3/t17-/m1/s1. The van der Waals surface area contributed by atoms with Crippen LogP contribution >= 0.6 is 11.3 Å². The van der Waals surface area contributed by atoms with E-state index in [0.29, 0.717) is 12.1 Å². The highest BCUT2D eigenvalue weighted by atomic mass is 32.2. The van der Waals surface area contributed by atoms with Crippen molar-refractivity contribution < 1.29 is 13.2 Å². The summed E-state index contributed by atoms with van der Waals surface area (Å²) in [5.41, 5.74) is 3.29. The molecule has 6 nitrogen and oxygen atoms in total. The Morgan fingerprint density at radius 1 is 1.32 bits per heavy atom. The fourth-order valence-electron chi connectivity index (χ4n) is 2.68. The van der Waals surface area contributed by atoms with Gasteiger partial charge < -0.3 is 0 Å². The molecule has 1 aliphatic heterocycles. The van der Waals surface area contributed by atoms with Gasteiger partial charge in [-0.25, -0.2) is 13.4 Å². The number of anilines is 1. The largest absolute Gasteiger partial charge is 0.284 e. The highest BCUT2D eigenvalue weighted by Gasteiger charge is 2.31. The normalized spacial score (nSPS) is 17.4. The van der Waals surface area contributed by atoms with Crippen LogP contribution in [0.25, 0.3) is 0 Å². The van der Waals surface area contributed by atoms with Crippen LogP contribution in [0.2, 0.25) is 0 Å². The van der Waals surface area contributed by atoms with Crippen molar-refractivity contribution in [1.29, 1.82) is 0 Å². The van der Waals surface area contributed by atoms with Gasteiger partial charge in [0.05, 0.1) is 17.5 Å². The van der Waals surface area contributed by atoms with Gasteiger partial charge in [-0.1, -0.05) is 12.1 Å². The summed E-state index contributed by atoms with van der Waals surface area (Å²) < 4.78 is 25.8. The van der Waals surface area contributed by atoms with Gasteiger partial charge in [0.2, 0.25) is 15.9 Å². The Morgan fingerprint density at radius 2 is 2.04 bits per heavy atom. The number of sulfonamides is 1. The molecule has 0 spiro atoms. The fourth-order valence-corrected chi connectivity index (χ4v) is 4.03. The van der Waals surface area contributed by atoms with Crippen LogP contribution in [0.3, 0.4) is 0 Å². The van der Waals surface area contributed by atoms with Crippen LogP contribution in [-0.2, 0) is 14.8 Å². The number of nitrogens with zero attached hydrogens (tertiary/aromatic N) is 2. The molecule has 8 heteroatoms. The molecule has 1 N–H and O–H groups in total. The van der Waals surface area contributed by atoms with Crippen molar-refractivity contribution in [2.45, 2.75) is 26.3 Å². The summed E-state index contributed by atoms with van der Waals surface area (Å²) in [6.07, 6.45) is 0.635. The molecule has 0 saturated carbocycles. The molecule has 2 heterocycles. The Morgan fingerprint density at radius 3 is 2.60 bits per heavy atom. The summed E-state index contributed by atoms with van der Waals surface area (Å²) in [6, 6.07) is 8.98. The van der Waals surface area contributed by atoms with Gasteiger partial charge in [-0.15, -0.1) is 0 Å². The van der Waals surface area contributed by atoms with E-state index in [9.17, 15) is 13.2 Å². The number of thiophene rings is 1. The van der Waals surface area contributed by atoms with E-state index in [1.54, 1.807) is 30.4 Å². The third kappa shape index (κ3) is 3.91. The third-order valence-electron chi connectivity index (χ3n) is 4.03. The molecule has 1 aromatic heterocycles. The van der Waals surface area contributed by atoms with Crippen LogP contribution < -0.4 is 4.72 Å². The topological polar surface area (TPSA) is 78.8 Å². The molecule has 1 aromatic carbocycles. The summed E-state index contributed by atoms with van der Waals surface area (Å²) in [6.45, 7) is 3.10. The second-order valence-corrected chi connectivity index (χ2v) is 8.56. The zero-order chi connectivity index (χ0) is 18.0. The lowest BCUT2D eigenvalue weighted by Crippen LogP contribution is -2.23. The minimum Gasteiger partial charge on any atom is -0.284 e. The number of benzene rings is 1. The number of hydrogen-bond donors (Lipinski definition) is 1. The molecule has 2 aromatic rings. The van der Waals surface area contributed by atoms with Crippen LogP contribution in [0, 0.1) is 0 Å². The molecule has 0 fully saturated rings. The van der Waals surface area contributed by atoms with Gasteiger partial charge in [-0.05, 0) is 47.0 Å². The highest BCUT2D eigenvalue weighted by molar-refractivity contribution is 7.92. The number of nitrogens with one attached hydrogen (secondary N) is 1. The molecular formula is C17H19N3O3S2. The predicted octanol–water partition coefficient (Wildman–Crippen LogP) is 3.21. The molecule has 0 unspecified atom stereocenters. The average molecular weight is 377 g/mol. The lowest BCUT2D eigenvalue weighted by atomic mass is 10.0. The van der Waals surface area contributed by atoms with Crippen molar-refractivity contribution >= 4 is 38.7 Å². The average Bonchev–Trinajstić information content (AvgIpc) is 3.24. The van der Waals surface area contributed by atoms with E-state index >= 15 is 0 Å². The lowest BCUT2D eigenvalue weighted by molar-refractivity contribution is -0.130. The van der Waals surface area contributed by atoms with Gasteiger partial charge in [-0.3, -0.25) is 9.52 Å². The summed E-state index contributed by atoms with van der Waals surface area (Å²) in [5.74, 6) is -0.0734. The molecule has 0 saturated heterocycles. The summed E-state index contributed by atoms with van der Waals surface area (Å²) in [7, 11) is -3.29. The molecule has 1 atom stereocenters. The van der Waals surface area contributed by atoms with Gasteiger partial charge in [0.15, 0.2) is 0 Å². The molecule has 0 bridgehead atoms. The Bertz CT molecular complexity index is 888. The number of rotatable bonds is 5.